The summed E-state index contributed by atoms with van der Waals surface area (Å²) in [5, 5.41) is 5.68. The molecule has 1 atom stereocenters. The molecule has 108 valence electrons. The Kier molecular flexibility index (Phi) is 6.27. The highest BCUT2D eigenvalue weighted by atomic mass is 79.9. The smallest absolute Gasteiger partial charge is 0.0285 e. The van der Waals surface area contributed by atoms with Crippen LogP contribution in [0.3, 0.4) is 0 Å². The summed E-state index contributed by atoms with van der Waals surface area (Å²) in [7, 11) is 0. The first-order valence-corrected chi connectivity index (χ1v) is 8.84. The first-order valence-electron chi connectivity index (χ1n) is 7.17. The number of nitrogens with one attached hydrogen (secondary N) is 1. The average Bonchev–Trinajstić information content (AvgIpc) is 2.84. The molecule has 0 amide bonds. The number of halogens is 1. The Morgan fingerprint density at radius 3 is 2.70 bits per heavy atom. The van der Waals surface area contributed by atoms with Gasteiger partial charge in [0.05, 0.1) is 0 Å². The number of benzene rings is 1. The molecule has 1 unspecified atom stereocenters. The first kappa shape index (κ1) is 15.7. The van der Waals surface area contributed by atoms with Crippen LogP contribution in [0.4, 0.5) is 0 Å². The summed E-state index contributed by atoms with van der Waals surface area (Å²) in [5.41, 5.74) is 2.88. The predicted octanol–water partition coefficient (Wildman–Crippen LogP) is 4.83. The highest BCUT2D eigenvalue weighted by Crippen LogP contribution is 2.24. The summed E-state index contributed by atoms with van der Waals surface area (Å²) in [4.78, 5) is 1.47. The van der Waals surface area contributed by atoms with Crippen molar-refractivity contribution in [2.75, 3.05) is 13.1 Å². The van der Waals surface area contributed by atoms with E-state index in [-0.39, 0.29) is 0 Å². The van der Waals surface area contributed by atoms with E-state index in [1.54, 1.807) is 0 Å². The lowest BCUT2D eigenvalue weighted by molar-refractivity contribution is 0.480. The van der Waals surface area contributed by atoms with Gasteiger partial charge in [-0.2, -0.15) is 0 Å². The summed E-state index contributed by atoms with van der Waals surface area (Å²) in [6.07, 6.45) is 2.30. The van der Waals surface area contributed by atoms with E-state index in [4.69, 9.17) is 0 Å². The van der Waals surface area contributed by atoms with Gasteiger partial charge in [0, 0.05) is 14.7 Å². The Balaban J connectivity index is 2.05. The Morgan fingerprint density at radius 2 is 2.05 bits per heavy atom. The monoisotopic (exact) mass is 351 g/mol. The molecule has 2 rings (SSSR count). The highest BCUT2D eigenvalue weighted by molar-refractivity contribution is 9.10. The number of thiophene rings is 1. The molecule has 1 N–H and O–H groups in total. The first-order chi connectivity index (χ1) is 9.69. The number of rotatable bonds is 7. The van der Waals surface area contributed by atoms with Crippen LogP contribution in [0.5, 0.6) is 0 Å². The quantitative estimate of drug-likeness (QED) is 0.753. The molecule has 0 aliphatic carbocycles. The second-order valence-corrected chi connectivity index (χ2v) is 7.15. The minimum absolute atomic E-state index is 0.654. The van der Waals surface area contributed by atoms with Gasteiger partial charge < -0.3 is 5.32 Å². The lowest BCUT2D eigenvalue weighted by atomic mass is 9.93. The van der Waals surface area contributed by atoms with Gasteiger partial charge in [-0.1, -0.05) is 31.2 Å². The van der Waals surface area contributed by atoms with Crippen molar-refractivity contribution < 1.29 is 0 Å². The molecule has 3 heteroatoms. The zero-order chi connectivity index (χ0) is 14.4. The molecule has 0 saturated carbocycles. The van der Waals surface area contributed by atoms with E-state index in [2.05, 4.69) is 70.8 Å². The molecule has 0 radical (unpaired) electrons. The minimum Gasteiger partial charge on any atom is -0.317 e. The number of hydrogen-bond acceptors (Lipinski definition) is 2. The summed E-state index contributed by atoms with van der Waals surface area (Å²) in [6.45, 7) is 6.51. The molecule has 1 heterocycles. The van der Waals surface area contributed by atoms with Gasteiger partial charge in [0.1, 0.15) is 0 Å². The SMILES string of the molecule is CCNCC(Cc1cc(Br)cs1)Cc1ccccc1C. The maximum atomic E-state index is 3.55. The van der Waals surface area contributed by atoms with Gasteiger partial charge >= 0.3 is 0 Å². The molecular formula is C17H22BrNS. The summed E-state index contributed by atoms with van der Waals surface area (Å²) in [6, 6.07) is 11.0. The maximum absolute atomic E-state index is 3.55. The second kappa shape index (κ2) is 7.96. The largest absolute Gasteiger partial charge is 0.317 e. The van der Waals surface area contributed by atoms with Crippen molar-refractivity contribution in [2.45, 2.75) is 26.7 Å². The summed E-state index contributed by atoms with van der Waals surface area (Å²) in [5.74, 6) is 0.654. The molecule has 2 aromatic rings. The highest BCUT2D eigenvalue weighted by Gasteiger charge is 2.13. The molecule has 1 nitrogen and oxygen atoms in total. The van der Waals surface area contributed by atoms with Crippen molar-refractivity contribution in [3.8, 4) is 0 Å². The Bertz CT molecular complexity index is 535. The standard InChI is InChI=1S/C17H22BrNS/c1-3-19-11-14(9-17-10-16(18)12-20-17)8-15-7-5-4-6-13(15)2/h4-7,10,12,14,19H,3,8-9,11H2,1-2H3. The minimum atomic E-state index is 0.654. The molecule has 0 spiro atoms. The number of aryl methyl sites for hydroxylation is 1. The van der Waals surface area contributed by atoms with Crippen LogP contribution in [-0.2, 0) is 12.8 Å². The van der Waals surface area contributed by atoms with E-state index < -0.39 is 0 Å². The van der Waals surface area contributed by atoms with E-state index in [0.29, 0.717) is 5.92 Å². The van der Waals surface area contributed by atoms with Gasteiger partial charge in [0.25, 0.3) is 0 Å². The van der Waals surface area contributed by atoms with Crippen LogP contribution in [0.1, 0.15) is 22.9 Å². The van der Waals surface area contributed by atoms with Gasteiger partial charge in [0.2, 0.25) is 0 Å². The van der Waals surface area contributed by atoms with Gasteiger partial charge in [-0.25, -0.2) is 0 Å². The zero-order valence-corrected chi connectivity index (χ0v) is 14.6. The Hall–Kier alpha value is -0.640. The van der Waals surface area contributed by atoms with E-state index in [1.165, 1.54) is 20.5 Å². The molecule has 0 saturated heterocycles. The molecule has 1 aromatic heterocycles. The zero-order valence-electron chi connectivity index (χ0n) is 12.2. The Morgan fingerprint density at radius 1 is 1.25 bits per heavy atom. The summed E-state index contributed by atoms with van der Waals surface area (Å²) >= 11 is 5.40. The maximum Gasteiger partial charge on any atom is 0.0285 e. The van der Waals surface area contributed by atoms with Crippen LogP contribution in [0.15, 0.2) is 40.2 Å². The van der Waals surface area contributed by atoms with Crippen LogP contribution in [0.2, 0.25) is 0 Å². The third-order valence-corrected chi connectivity index (χ3v) is 5.28. The molecule has 0 bridgehead atoms. The van der Waals surface area contributed by atoms with E-state index in [9.17, 15) is 0 Å². The van der Waals surface area contributed by atoms with Crippen molar-refractivity contribution >= 4 is 27.3 Å². The molecule has 20 heavy (non-hydrogen) atoms. The van der Waals surface area contributed by atoms with Crippen LogP contribution in [0.25, 0.3) is 0 Å². The molecule has 0 aliphatic rings. The van der Waals surface area contributed by atoms with Gasteiger partial charge in [-0.05, 0) is 71.9 Å². The van der Waals surface area contributed by atoms with Gasteiger partial charge in [0.15, 0.2) is 0 Å². The van der Waals surface area contributed by atoms with Gasteiger partial charge in [-0.15, -0.1) is 11.3 Å². The molecule has 1 aromatic carbocycles. The molecule has 0 fully saturated rings. The second-order valence-electron chi connectivity index (χ2n) is 5.24. The van der Waals surface area contributed by atoms with E-state index in [0.717, 1.165) is 25.9 Å². The van der Waals surface area contributed by atoms with Crippen molar-refractivity contribution in [1.29, 1.82) is 0 Å². The lowest BCUT2D eigenvalue weighted by Gasteiger charge is -2.18. The fourth-order valence-electron chi connectivity index (χ4n) is 2.46. The predicted molar refractivity (Wildman–Crippen MR) is 92.6 cm³/mol. The normalized spacial score (nSPS) is 12.6. The fraction of sp³-hybridized carbons (Fsp3) is 0.412. The van der Waals surface area contributed by atoms with Crippen LogP contribution in [-0.4, -0.2) is 13.1 Å². The van der Waals surface area contributed by atoms with Crippen LogP contribution < -0.4 is 5.32 Å². The van der Waals surface area contributed by atoms with Crippen molar-refractivity contribution in [2.24, 2.45) is 5.92 Å². The lowest BCUT2D eigenvalue weighted by Crippen LogP contribution is -2.25. The van der Waals surface area contributed by atoms with Gasteiger partial charge in [-0.3, -0.25) is 0 Å². The third kappa shape index (κ3) is 4.72. The molecule has 0 aliphatic heterocycles. The van der Waals surface area contributed by atoms with E-state index in [1.807, 2.05) is 11.3 Å². The fourth-order valence-corrected chi connectivity index (χ4v) is 4.03. The van der Waals surface area contributed by atoms with Crippen LogP contribution >= 0.6 is 27.3 Å². The number of hydrogen-bond donors (Lipinski definition) is 1. The van der Waals surface area contributed by atoms with Crippen molar-refractivity contribution in [3.63, 3.8) is 0 Å². The van der Waals surface area contributed by atoms with Crippen molar-refractivity contribution in [3.05, 3.63) is 56.2 Å². The van der Waals surface area contributed by atoms with Crippen LogP contribution in [0, 0.1) is 12.8 Å². The van der Waals surface area contributed by atoms with Crippen molar-refractivity contribution in [1.82, 2.24) is 5.32 Å². The topological polar surface area (TPSA) is 12.0 Å². The van der Waals surface area contributed by atoms with E-state index >= 15 is 0 Å². The molecular weight excluding hydrogens is 330 g/mol. The average molecular weight is 352 g/mol. The Labute approximate surface area is 134 Å². The summed E-state index contributed by atoms with van der Waals surface area (Å²) < 4.78 is 1.20. The third-order valence-electron chi connectivity index (χ3n) is 3.56.